The van der Waals surface area contributed by atoms with Crippen molar-refractivity contribution in [1.82, 2.24) is 5.32 Å². The molecule has 0 unspecified atom stereocenters. The minimum atomic E-state index is -0.402. The van der Waals surface area contributed by atoms with Gasteiger partial charge in [0.1, 0.15) is 0 Å². The van der Waals surface area contributed by atoms with Crippen molar-refractivity contribution in [1.29, 1.82) is 0 Å². The zero-order valence-corrected chi connectivity index (χ0v) is 11.5. The summed E-state index contributed by atoms with van der Waals surface area (Å²) in [5.74, 6) is 0.356. The SMILES string of the molecule is C=CCCCOc1cc(CNC2CC2)ccc1[N+](=O)[O-]. The number of nitrogens with zero attached hydrogens (tertiary/aromatic N) is 1. The summed E-state index contributed by atoms with van der Waals surface area (Å²) in [6.07, 6.45) is 5.91. The van der Waals surface area contributed by atoms with E-state index in [0.717, 1.165) is 24.9 Å². The van der Waals surface area contributed by atoms with Gasteiger partial charge in [-0.15, -0.1) is 6.58 Å². The van der Waals surface area contributed by atoms with Crippen LogP contribution in [0.2, 0.25) is 0 Å². The molecule has 0 bridgehead atoms. The van der Waals surface area contributed by atoms with Gasteiger partial charge in [0.2, 0.25) is 0 Å². The molecule has 0 atom stereocenters. The van der Waals surface area contributed by atoms with Crippen LogP contribution in [-0.2, 0) is 6.54 Å². The van der Waals surface area contributed by atoms with E-state index in [1.807, 2.05) is 6.08 Å². The van der Waals surface area contributed by atoms with Crippen LogP contribution >= 0.6 is 0 Å². The number of benzene rings is 1. The van der Waals surface area contributed by atoms with Gasteiger partial charge in [-0.05, 0) is 37.3 Å². The summed E-state index contributed by atoms with van der Waals surface area (Å²) in [5, 5.41) is 14.4. The van der Waals surface area contributed by atoms with E-state index in [1.165, 1.54) is 18.9 Å². The van der Waals surface area contributed by atoms with E-state index in [1.54, 1.807) is 12.1 Å². The van der Waals surface area contributed by atoms with E-state index in [2.05, 4.69) is 11.9 Å². The van der Waals surface area contributed by atoms with E-state index < -0.39 is 4.92 Å². The monoisotopic (exact) mass is 276 g/mol. The molecule has 1 N–H and O–H groups in total. The summed E-state index contributed by atoms with van der Waals surface area (Å²) >= 11 is 0. The lowest BCUT2D eigenvalue weighted by molar-refractivity contribution is -0.385. The fourth-order valence-electron chi connectivity index (χ4n) is 1.89. The van der Waals surface area contributed by atoms with Gasteiger partial charge in [-0.1, -0.05) is 12.1 Å². The number of rotatable bonds is 9. The van der Waals surface area contributed by atoms with Crippen LogP contribution in [0.5, 0.6) is 5.75 Å². The minimum absolute atomic E-state index is 0.0266. The summed E-state index contributed by atoms with van der Waals surface area (Å²) in [5.41, 5.74) is 1.04. The molecule has 2 rings (SSSR count). The normalized spacial score (nSPS) is 14.0. The first kappa shape index (κ1) is 14.5. The molecule has 1 aromatic rings. The van der Waals surface area contributed by atoms with Crippen molar-refractivity contribution in [2.24, 2.45) is 0 Å². The van der Waals surface area contributed by atoms with Crippen LogP contribution in [0.1, 0.15) is 31.2 Å². The zero-order chi connectivity index (χ0) is 14.4. The number of hydrogen-bond acceptors (Lipinski definition) is 4. The van der Waals surface area contributed by atoms with Crippen molar-refractivity contribution in [3.63, 3.8) is 0 Å². The summed E-state index contributed by atoms with van der Waals surface area (Å²) in [6, 6.07) is 5.68. The third-order valence-electron chi connectivity index (χ3n) is 3.20. The van der Waals surface area contributed by atoms with E-state index in [9.17, 15) is 10.1 Å². The Morgan fingerprint density at radius 1 is 1.50 bits per heavy atom. The van der Waals surface area contributed by atoms with Gasteiger partial charge in [0.05, 0.1) is 11.5 Å². The van der Waals surface area contributed by atoms with E-state index in [0.29, 0.717) is 18.4 Å². The maximum atomic E-state index is 11.0. The first-order valence-corrected chi connectivity index (χ1v) is 6.95. The molecule has 20 heavy (non-hydrogen) atoms. The second-order valence-electron chi connectivity index (χ2n) is 4.99. The number of nitro benzene ring substituents is 1. The summed E-state index contributed by atoms with van der Waals surface area (Å²) < 4.78 is 5.55. The molecule has 0 radical (unpaired) electrons. The third kappa shape index (κ3) is 4.35. The van der Waals surface area contributed by atoms with Crippen LogP contribution in [0.25, 0.3) is 0 Å². The lowest BCUT2D eigenvalue weighted by atomic mass is 10.2. The van der Waals surface area contributed by atoms with Crippen molar-refractivity contribution >= 4 is 5.69 Å². The molecule has 1 aliphatic rings. The van der Waals surface area contributed by atoms with Gasteiger partial charge in [0.15, 0.2) is 5.75 Å². The van der Waals surface area contributed by atoms with Crippen LogP contribution in [-0.4, -0.2) is 17.6 Å². The lowest BCUT2D eigenvalue weighted by Gasteiger charge is -2.09. The van der Waals surface area contributed by atoms with Crippen molar-refractivity contribution in [2.45, 2.75) is 38.3 Å². The first-order valence-electron chi connectivity index (χ1n) is 6.95. The standard InChI is InChI=1S/C15H20N2O3/c1-2-3-4-9-20-15-10-12(11-16-13-6-7-13)5-8-14(15)17(18)19/h2,5,8,10,13,16H,1,3-4,6-7,9,11H2. The van der Waals surface area contributed by atoms with Crippen molar-refractivity contribution in [3.05, 3.63) is 46.5 Å². The third-order valence-corrected chi connectivity index (χ3v) is 3.20. The molecule has 0 saturated heterocycles. The Kier molecular flexibility index (Phi) is 5.12. The van der Waals surface area contributed by atoms with Gasteiger partial charge in [0.25, 0.3) is 0 Å². The molecular weight excluding hydrogens is 256 g/mol. The highest BCUT2D eigenvalue weighted by molar-refractivity contribution is 5.48. The molecule has 1 aromatic carbocycles. The summed E-state index contributed by atoms with van der Waals surface area (Å²) in [6.45, 7) is 4.83. The number of ether oxygens (including phenoxy) is 1. The number of nitro groups is 1. The average Bonchev–Trinajstić information content (AvgIpc) is 3.25. The molecule has 0 aliphatic heterocycles. The van der Waals surface area contributed by atoms with E-state index in [-0.39, 0.29) is 5.69 Å². The van der Waals surface area contributed by atoms with Crippen LogP contribution in [0.3, 0.4) is 0 Å². The van der Waals surface area contributed by atoms with Gasteiger partial charge in [-0.2, -0.15) is 0 Å². The van der Waals surface area contributed by atoms with Crippen LogP contribution in [0.15, 0.2) is 30.9 Å². The van der Waals surface area contributed by atoms with Crippen LogP contribution in [0, 0.1) is 10.1 Å². The Balaban J connectivity index is 2.00. The number of unbranched alkanes of at least 4 members (excludes halogenated alkanes) is 1. The van der Waals surface area contributed by atoms with Gasteiger partial charge in [-0.3, -0.25) is 10.1 Å². The Bertz CT molecular complexity index is 484. The number of nitrogens with one attached hydrogen (secondary N) is 1. The second kappa shape index (κ2) is 7.05. The lowest BCUT2D eigenvalue weighted by Crippen LogP contribution is -2.15. The summed E-state index contributed by atoms with van der Waals surface area (Å²) in [7, 11) is 0. The van der Waals surface area contributed by atoms with Crippen molar-refractivity contribution in [3.8, 4) is 5.75 Å². The molecule has 0 heterocycles. The minimum Gasteiger partial charge on any atom is -0.487 e. The number of hydrogen-bond donors (Lipinski definition) is 1. The van der Waals surface area contributed by atoms with Crippen LogP contribution in [0.4, 0.5) is 5.69 Å². The van der Waals surface area contributed by atoms with Crippen LogP contribution < -0.4 is 10.1 Å². The molecule has 1 aliphatic carbocycles. The quantitative estimate of drug-likeness (QED) is 0.325. The Morgan fingerprint density at radius 3 is 2.95 bits per heavy atom. The van der Waals surface area contributed by atoms with Gasteiger partial charge in [0, 0.05) is 18.7 Å². The Labute approximate surface area is 118 Å². The molecule has 0 aromatic heterocycles. The topological polar surface area (TPSA) is 64.4 Å². The van der Waals surface area contributed by atoms with E-state index in [4.69, 9.17) is 4.74 Å². The highest BCUT2D eigenvalue weighted by Gasteiger charge is 2.21. The fourth-order valence-corrected chi connectivity index (χ4v) is 1.89. The maximum absolute atomic E-state index is 11.0. The van der Waals surface area contributed by atoms with E-state index >= 15 is 0 Å². The molecule has 0 amide bonds. The van der Waals surface area contributed by atoms with Gasteiger partial charge < -0.3 is 10.1 Å². The Hall–Kier alpha value is -1.88. The Morgan fingerprint density at radius 2 is 2.30 bits per heavy atom. The summed E-state index contributed by atoms with van der Waals surface area (Å²) in [4.78, 5) is 10.6. The van der Waals surface area contributed by atoms with Crippen molar-refractivity contribution < 1.29 is 9.66 Å². The van der Waals surface area contributed by atoms with Crippen molar-refractivity contribution in [2.75, 3.05) is 6.61 Å². The average molecular weight is 276 g/mol. The molecule has 0 spiro atoms. The smallest absolute Gasteiger partial charge is 0.310 e. The highest BCUT2D eigenvalue weighted by Crippen LogP contribution is 2.28. The second-order valence-corrected chi connectivity index (χ2v) is 4.99. The van der Waals surface area contributed by atoms with Gasteiger partial charge >= 0.3 is 5.69 Å². The largest absolute Gasteiger partial charge is 0.487 e. The maximum Gasteiger partial charge on any atom is 0.310 e. The molecule has 5 heteroatoms. The molecule has 5 nitrogen and oxygen atoms in total. The van der Waals surface area contributed by atoms with Gasteiger partial charge in [-0.25, -0.2) is 0 Å². The fraction of sp³-hybridized carbons (Fsp3) is 0.467. The first-order chi connectivity index (χ1) is 9.70. The predicted octanol–water partition coefficient (Wildman–Crippen LogP) is 3.19. The molecule has 1 saturated carbocycles. The molecular formula is C15H20N2O3. The number of allylic oxidation sites excluding steroid dienone is 1. The zero-order valence-electron chi connectivity index (χ0n) is 11.5. The highest BCUT2D eigenvalue weighted by atomic mass is 16.6. The predicted molar refractivity (Wildman–Crippen MR) is 77.9 cm³/mol. The molecule has 108 valence electrons. The molecule has 1 fully saturated rings.